The molecule has 0 nitrogen and oxygen atoms in total. The molecule has 0 radical (unpaired) electrons. The molecule has 3 aromatic carbocycles. The number of hydrogen-bond acceptors (Lipinski definition) is 0. The minimum Gasteiger partial charge on any atom is -1.00 e. The van der Waals surface area contributed by atoms with E-state index in [1.807, 2.05) is 0 Å². The van der Waals surface area contributed by atoms with Gasteiger partial charge in [0.15, 0.2) is 0 Å². The zero-order chi connectivity index (χ0) is 23.1. The van der Waals surface area contributed by atoms with Crippen molar-refractivity contribution >= 4 is 0 Å². The summed E-state index contributed by atoms with van der Waals surface area (Å²) in [4.78, 5) is 0. The molecule has 182 valence electrons. The summed E-state index contributed by atoms with van der Waals surface area (Å²) < 4.78 is -0.217. The Bertz CT molecular complexity index is 1110. The third-order valence-corrected chi connectivity index (χ3v) is 7.82. The molecule has 0 N–H and O–H groups in total. The molecule has 1 aliphatic rings. The van der Waals surface area contributed by atoms with E-state index in [4.69, 9.17) is 0 Å². The monoisotopic (exact) mass is 558 g/mol. The number of rotatable bonds is 4. The summed E-state index contributed by atoms with van der Waals surface area (Å²) in [7, 11) is 0. The molecular weight excluding hydrogens is 527 g/mol. The van der Waals surface area contributed by atoms with Crippen LogP contribution in [0.3, 0.4) is 0 Å². The molecule has 0 saturated heterocycles. The smallest absolute Gasteiger partial charge is 1.00 e. The normalized spacial score (nSPS) is 17.1. The van der Waals surface area contributed by atoms with Gasteiger partial charge in [-0.1, -0.05) is 0 Å². The van der Waals surface area contributed by atoms with Gasteiger partial charge in [-0.2, -0.15) is 0 Å². The minimum atomic E-state index is -0.347. The summed E-state index contributed by atoms with van der Waals surface area (Å²) in [6, 6.07) is 27.3. The predicted molar refractivity (Wildman–Crippen MR) is 133 cm³/mol. The summed E-state index contributed by atoms with van der Waals surface area (Å²) in [6.45, 7) is 13.5. The van der Waals surface area contributed by atoms with Gasteiger partial charge in [-0.15, -0.1) is 0 Å². The van der Waals surface area contributed by atoms with Gasteiger partial charge in [0, 0.05) is 0 Å². The van der Waals surface area contributed by atoms with Crippen LogP contribution in [0, 0.1) is 26.2 Å². The van der Waals surface area contributed by atoms with Crippen molar-refractivity contribution in [3.63, 3.8) is 0 Å². The topological polar surface area (TPSA) is 0 Å². The Morgan fingerprint density at radius 3 is 1.29 bits per heavy atom. The van der Waals surface area contributed by atoms with Gasteiger partial charge in [-0.3, -0.25) is 0 Å². The average Bonchev–Trinajstić information content (AvgIpc) is 3.13. The van der Waals surface area contributed by atoms with Crippen molar-refractivity contribution in [3.8, 4) is 0 Å². The zero-order valence-corrected chi connectivity index (χ0v) is 25.1. The van der Waals surface area contributed by atoms with E-state index >= 15 is 0 Å². The van der Waals surface area contributed by atoms with Crippen molar-refractivity contribution in [1.29, 1.82) is 0 Å². The molecule has 1 atom stereocenters. The van der Waals surface area contributed by atoms with Gasteiger partial charge in [0.05, 0.1) is 0 Å². The fourth-order valence-corrected chi connectivity index (χ4v) is 6.16. The van der Waals surface area contributed by atoms with Gasteiger partial charge in [-0.25, -0.2) is 0 Å². The Hall–Kier alpha value is -1.28. The number of halogens is 3. The Morgan fingerprint density at radius 1 is 0.629 bits per heavy atom. The Balaban J connectivity index is 0.00000204. The second-order valence-electron chi connectivity index (χ2n) is 10.4. The predicted octanol–water partition coefficient (Wildman–Crippen LogP) is -0.794. The molecule has 0 aromatic heterocycles. The number of allylic oxidation sites excluding steroid dienone is 4. The molecule has 3 aromatic rings. The molecule has 0 aliphatic heterocycles. The third-order valence-electron chi connectivity index (χ3n) is 6.75. The molecular formula is C31H33Cl3Ti. The Labute approximate surface area is 242 Å². The molecule has 0 saturated carbocycles. The van der Waals surface area contributed by atoms with Gasteiger partial charge in [-0.05, 0) is 0 Å². The number of aryl methyl sites for hydroxylation is 3. The van der Waals surface area contributed by atoms with E-state index in [0.29, 0.717) is 0 Å². The van der Waals surface area contributed by atoms with Crippen molar-refractivity contribution < 1.29 is 57.7 Å². The minimum absolute atomic E-state index is 0. The molecule has 0 amide bonds. The molecule has 0 bridgehead atoms. The molecule has 4 rings (SSSR count). The van der Waals surface area contributed by atoms with Gasteiger partial charge >= 0.3 is 207 Å². The first-order valence-corrected chi connectivity index (χ1v) is 12.2. The first-order chi connectivity index (χ1) is 15.1. The van der Waals surface area contributed by atoms with Gasteiger partial charge in [0.25, 0.3) is 0 Å². The van der Waals surface area contributed by atoms with E-state index in [1.54, 1.807) is 0 Å². The van der Waals surface area contributed by atoms with Crippen molar-refractivity contribution in [2.75, 3.05) is 0 Å². The first kappa shape index (κ1) is 31.8. The van der Waals surface area contributed by atoms with E-state index in [1.165, 1.54) is 39.0 Å². The first-order valence-electron chi connectivity index (χ1n) is 11.5. The molecule has 4 heteroatoms. The zero-order valence-electron chi connectivity index (χ0n) is 21.3. The van der Waals surface area contributed by atoms with Crippen LogP contribution in [0.1, 0.15) is 54.2 Å². The molecule has 0 fully saturated rings. The maximum atomic E-state index is 2.53. The average molecular weight is 560 g/mol. The van der Waals surface area contributed by atoms with E-state index in [9.17, 15) is 0 Å². The quantitative estimate of drug-likeness (QED) is 0.290. The summed E-state index contributed by atoms with van der Waals surface area (Å²) in [5.74, 6) is 0. The second-order valence-corrected chi connectivity index (χ2v) is 11.7. The Kier molecular flexibility index (Phi) is 10.7. The van der Waals surface area contributed by atoms with Gasteiger partial charge < -0.3 is 37.2 Å². The van der Waals surface area contributed by atoms with Crippen LogP contribution >= 0.6 is 0 Å². The Morgan fingerprint density at radius 2 is 1.00 bits per heavy atom. The van der Waals surface area contributed by atoms with Crippen molar-refractivity contribution in [3.05, 3.63) is 130 Å². The van der Waals surface area contributed by atoms with E-state index in [0.717, 1.165) is 0 Å². The second kappa shape index (κ2) is 11.8. The van der Waals surface area contributed by atoms with Crippen LogP contribution in [0.25, 0.3) is 0 Å². The standard InChI is InChI=1S/C31H33.3ClH.Ti/c1-22-10-7-13-26(18-22)31(27-14-8-11-23(2)19-27,28-15-9-12-24(3)20-28)29-17-16-25(21-29)30(4,5)6;;;;/h7-21H,1-6H3;3*1H;/q;;;;+3/p-3. The fraction of sp³-hybridized carbons (Fsp3) is 0.290. The van der Waals surface area contributed by atoms with Crippen LogP contribution in [0.15, 0.2) is 96.6 Å². The molecule has 0 heterocycles. The molecule has 1 aliphatic carbocycles. The summed E-state index contributed by atoms with van der Waals surface area (Å²) in [5.41, 5.74) is 9.05. The SMILES string of the molecule is Cc1cccc(C(c2cccc(C)c2)(c2cccc(C)c2)[C]2([Ti+3])C=CC(C(C)(C)C)=C2)c1.[Cl-].[Cl-].[Cl-]. The van der Waals surface area contributed by atoms with E-state index in [-0.39, 0.29) is 51.8 Å². The van der Waals surface area contributed by atoms with Crippen LogP contribution in [0.2, 0.25) is 3.72 Å². The molecule has 35 heavy (non-hydrogen) atoms. The van der Waals surface area contributed by atoms with Gasteiger partial charge in [0.2, 0.25) is 0 Å². The van der Waals surface area contributed by atoms with Gasteiger partial charge in [0.1, 0.15) is 0 Å². The van der Waals surface area contributed by atoms with Crippen molar-refractivity contribution in [2.24, 2.45) is 5.41 Å². The molecule has 0 spiro atoms. The maximum absolute atomic E-state index is 2.53. The van der Waals surface area contributed by atoms with E-state index < -0.39 is 0 Å². The fourth-order valence-electron chi connectivity index (χ4n) is 5.11. The summed E-state index contributed by atoms with van der Waals surface area (Å²) >= 11 is 2.41. The van der Waals surface area contributed by atoms with E-state index in [2.05, 4.69) is 153 Å². The number of benzene rings is 3. The van der Waals surface area contributed by atoms with Crippen LogP contribution in [0.5, 0.6) is 0 Å². The maximum Gasteiger partial charge on any atom is -1.00 e. The third kappa shape index (κ3) is 5.84. The van der Waals surface area contributed by atoms with Crippen LogP contribution in [-0.4, -0.2) is 0 Å². The van der Waals surface area contributed by atoms with Crippen LogP contribution < -0.4 is 37.2 Å². The number of hydrogen-bond donors (Lipinski definition) is 0. The molecule has 1 unspecified atom stereocenters. The van der Waals surface area contributed by atoms with Crippen molar-refractivity contribution in [1.82, 2.24) is 0 Å². The largest absolute Gasteiger partial charge is 1.00 e. The van der Waals surface area contributed by atoms with Crippen LogP contribution in [-0.2, 0) is 25.9 Å². The summed E-state index contributed by atoms with van der Waals surface area (Å²) in [5, 5.41) is 0. The summed E-state index contributed by atoms with van der Waals surface area (Å²) in [6.07, 6.45) is 7.33. The van der Waals surface area contributed by atoms with Crippen LogP contribution in [0.4, 0.5) is 0 Å². The van der Waals surface area contributed by atoms with Crippen molar-refractivity contribution in [2.45, 2.75) is 50.7 Å².